The molecular formula is C26H30N4O4S2. The van der Waals surface area contributed by atoms with Crippen molar-refractivity contribution in [3.05, 3.63) is 90.0 Å². The molecule has 1 fully saturated rings. The largest absolute Gasteiger partial charge is 0.378 e. The molecule has 1 atom stereocenters. The van der Waals surface area contributed by atoms with Crippen LogP contribution >= 0.6 is 0 Å². The van der Waals surface area contributed by atoms with E-state index in [0.29, 0.717) is 6.54 Å². The highest BCUT2D eigenvalue weighted by Crippen LogP contribution is 2.36. The van der Waals surface area contributed by atoms with Crippen LogP contribution in [0.4, 0.5) is 5.69 Å². The van der Waals surface area contributed by atoms with Crippen LogP contribution in [0, 0.1) is 6.92 Å². The Labute approximate surface area is 213 Å². The fourth-order valence-corrected chi connectivity index (χ4v) is 6.84. The van der Waals surface area contributed by atoms with Gasteiger partial charge in [0.05, 0.1) is 9.79 Å². The van der Waals surface area contributed by atoms with Gasteiger partial charge in [0.1, 0.15) is 12.0 Å². The summed E-state index contributed by atoms with van der Waals surface area (Å²) in [5.74, 6) is 0.225. The van der Waals surface area contributed by atoms with Gasteiger partial charge in [-0.05, 0) is 55.8 Å². The number of hydrogen-bond donors (Lipinski definition) is 0. The highest BCUT2D eigenvalue weighted by atomic mass is 32.2. The summed E-state index contributed by atoms with van der Waals surface area (Å²) in [6.45, 7) is 3.97. The molecule has 8 nitrogen and oxygen atoms in total. The summed E-state index contributed by atoms with van der Waals surface area (Å²) in [6, 6.07) is 22.3. The number of hydrogen-bond acceptors (Lipinski definition) is 5. The summed E-state index contributed by atoms with van der Waals surface area (Å²) < 4.78 is 58.8. The maximum atomic E-state index is 13.6. The van der Waals surface area contributed by atoms with E-state index in [1.165, 1.54) is 16.4 Å². The van der Waals surface area contributed by atoms with Gasteiger partial charge in [0.15, 0.2) is 0 Å². The molecular weight excluding hydrogens is 496 g/mol. The van der Waals surface area contributed by atoms with Gasteiger partial charge in [-0.3, -0.25) is 0 Å². The first-order chi connectivity index (χ1) is 17.0. The van der Waals surface area contributed by atoms with Crippen LogP contribution in [0.3, 0.4) is 0 Å². The Bertz CT molecular complexity index is 1450. The van der Waals surface area contributed by atoms with E-state index in [-0.39, 0.29) is 22.2 Å². The van der Waals surface area contributed by atoms with Crippen molar-refractivity contribution in [2.45, 2.75) is 29.8 Å². The molecule has 0 radical (unpaired) electrons. The van der Waals surface area contributed by atoms with Gasteiger partial charge in [-0.25, -0.2) is 8.42 Å². The minimum Gasteiger partial charge on any atom is -0.378 e. The van der Waals surface area contributed by atoms with E-state index < -0.39 is 26.2 Å². The quantitative estimate of drug-likeness (QED) is 0.358. The summed E-state index contributed by atoms with van der Waals surface area (Å²) in [5, 5.41) is 0. The summed E-state index contributed by atoms with van der Waals surface area (Å²) in [4.78, 5) is 3.96. The van der Waals surface area contributed by atoms with Crippen molar-refractivity contribution >= 4 is 31.6 Å². The summed E-state index contributed by atoms with van der Waals surface area (Å²) >= 11 is 0. The van der Waals surface area contributed by atoms with Crippen LogP contribution in [-0.4, -0.2) is 59.1 Å². The Kier molecular flexibility index (Phi) is 7.21. The molecule has 1 aliphatic rings. The van der Waals surface area contributed by atoms with E-state index in [1.807, 2.05) is 50.2 Å². The van der Waals surface area contributed by atoms with Gasteiger partial charge in [-0.15, -0.1) is 4.40 Å². The topological polar surface area (TPSA) is 90.4 Å². The Hall–Kier alpha value is -3.21. The number of anilines is 1. The molecule has 36 heavy (non-hydrogen) atoms. The molecule has 1 aliphatic heterocycles. The average Bonchev–Trinajstić information content (AvgIpc) is 3.31. The van der Waals surface area contributed by atoms with Crippen LogP contribution in [0.2, 0.25) is 0 Å². The number of aryl methyl sites for hydroxylation is 1. The number of benzene rings is 3. The van der Waals surface area contributed by atoms with E-state index in [2.05, 4.69) is 4.40 Å². The zero-order valence-corrected chi connectivity index (χ0v) is 22.4. The third-order valence-corrected chi connectivity index (χ3v) is 9.41. The molecule has 1 saturated heterocycles. The molecule has 190 valence electrons. The van der Waals surface area contributed by atoms with Gasteiger partial charge >= 0.3 is 0 Å². The van der Waals surface area contributed by atoms with Crippen LogP contribution < -0.4 is 4.90 Å². The van der Waals surface area contributed by atoms with Crippen LogP contribution in [0.1, 0.15) is 24.2 Å². The molecule has 0 saturated carbocycles. The molecule has 0 bridgehead atoms. The van der Waals surface area contributed by atoms with Crippen LogP contribution in [0.25, 0.3) is 0 Å². The van der Waals surface area contributed by atoms with Crippen molar-refractivity contribution in [1.29, 1.82) is 0 Å². The van der Waals surface area contributed by atoms with Crippen LogP contribution in [0.5, 0.6) is 0 Å². The number of sulfonamides is 2. The highest BCUT2D eigenvalue weighted by molar-refractivity contribution is 7.90. The molecule has 0 spiro atoms. The first-order valence-electron chi connectivity index (χ1n) is 11.5. The Balaban J connectivity index is 1.77. The lowest BCUT2D eigenvalue weighted by Crippen LogP contribution is -2.37. The summed E-state index contributed by atoms with van der Waals surface area (Å²) in [5.41, 5.74) is 2.63. The number of rotatable bonds is 6. The lowest BCUT2D eigenvalue weighted by molar-refractivity contribution is 0.284. The van der Waals surface area contributed by atoms with E-state index in [1.54, 1.807) is 54.3 Å². The van der Waals surface area contributed by atoms with E-state index in [9.17, 15) is 16.8 Å². The maximum absolute atomic E-state index is 13.6. The maximum Gasteiger partial charge on any atom is 0.283 e. The van der Waals surface area contributed by atoms with Gasteiger partial charge in [0.2, 0.25) is 10.0 Å². The molecule has 4 rings (SSSR count). The minimum atomic E-state index is -3.97. The lowest BCUT2D eigenvalue weighted by Gasteiger charge is -2.31. The summed E-state index contributed by atoms with van der Waals surface area (Å²) in [7, 11) is -3.97. The first kappa shape index (κ1) is 25.9. The van der Waals surface area contributed by atoms with Crippen molar-refractivity contribution in [2.75, 3.05) is 32.1 Å². The van der Waals surface area contributed by atoms with Crippen LogP contribution in [0.15, 0.2) is 93.1 Å². The Morgan fingerprint density at radius 1 is 0.833 bits per heavy atom. The van der Waals surface area contributed by atoms with Gasteiger partial charge in [-0.1, -0.05) is 48.0 Å². The van der Waals surface area contributed by atoms with E-state index in [4.69, 9.17) is 0 Å². The van der Waals surface area contributed by atoms with Crippen molar-refractivity contribution in [3.63, 3.8) is 0 Å². The fourth-order valence-electron chi connectivity index (χ4n) is 4.20. The van der Waals surface area contributed by atoms with E-state index >= 15 is 0 Å². The Morgan fingerprint density at radius 3 is 2.03 bits per heavy atom. The summed E-state index contributed by atoms with van der Waals surface area (Å²) in [6.07, 6.45) is -0.747. The average molecular weight is 527 g/mol. The van der Waals surface area contributed by atoms with Gasteiger partial charge in [0, 0.05) is 32.9 Å². The van der Waals surface area contributed by atoms with Crippen LogP contribution in [-0.2, 0) is 20.0 Å². The van der Waals surface area contributed by atoms with Crippen molar-refractivity contribution in [1.82, 2.24) is 9.21 Å². The molecule has 0 unspecified atom stereocenters. The number of amidine groups is 1. The smallest absolute Gasteiger partial charge is 0.283 e. The minimum absolute atomic E-state index is 0.0901. The normalized spacial score (nSPS) is 17.4. The zero-order valence-electron chi connectivity index (χ0n) is 20.7. The zero-order chi connectivity index (χ0) is 26.1. The Morgan fingerprint density at radius 2 is 1.44 bits per heavy atom. The van der Waals surface area contributed by atoms with E-state index in [0.717, 1.165) is 16.8 Å². The molecule has 0 aromatic heterocycles. The second-order valence-electron chi connectivity index (χ2n) is 8.91. The molecule has 10 heteroatoms. The SMILES string of the molecule is CC(=NS(=O)(=O)c1ccc(C)cc1)N1CCN(S(=O)(=O)c2ccccc2)[C@H]1c1ccc(N(C)C)cc1. The van der Waals surface area contributed by atoms with Crippen molar-refractivity contribution in [2.24, 2.45) is 4.40 Å². The lowest BCUT2D eigenvalue weighted by atomic mass is 10.1. The van der Waals surface area contributed by atoms with Gasteiger partial charge < -0.3 is 9.80 Å². The van der Waals surface area contributed by atoms with Crippen molar-refractivity contribution < 1.29 is 16.8 Å². The monoisotopic (exact) mass is 526 g/mol. The highest BCUT2D eigenvalue weighted by Gasteiger charge is 2.42. The van der Waals surface area contributed by atoms with Gasteiger partial charge in [0.25, 0.3) is 10.0 Å². The molecule has 3 aromatic rings. The predicted molar refractivity (Wildman–Crippen MR) is 142 cm³/mol. The third kappa shape index (κ3) is 5.16. The second-order valence-corrected chi connectivity index (χ2v) is 12.4. The number of nitrogens with zero attached hydrogens (tertiary/aromatic N) is 4. The molecule has 0 amide bonds. The van der Waals surface area contributed by atoms with Gasteiger partial charge in [-0.2, -0.15) is 12.7 Å². The molecule has 3 aromatic carbocycles. The molecule has 1 heterocycles. The second kappa shape index (κ2) is 10.0. The fraction of sp³-hybridized carbons (Fsp3) is 0.269. The predicted octanol–water partition coefficient (Wildman–Crippen LogP) is 3.87. The molecule has 0 aliphatic carbocycles. The third-order valence-electron chi connectivity index (χ3n) is 6.17. The first-order valence-corrected chi connectivity index (χ1v) is 14.4. The standard InChI is InChI=1S/C26H30N4O4S2/c1-20-10-16-24(17-11-20)35(31,32)27-21(2)29-18-19-30(36(33,34)25-8-6-5-7-9-25)26(29)22-12-14-23(15-13-22)28(3)4/h5-17,26H,18-19H2,1-4H3/t26-/m0/s1. The molecule has 0 N–H and O–H groups in total. The van der Waals surface area contributed by atoms with Crippen molar-refractivity contribution in [3.8, 4) is 0 Å².